The Bertz CT molecular complexity index is 302. The first-order valence-electron chi connectivity index (χ1n) is 4.30. The molecule has 0 bridgehead atoms. The fraction of sp³-hybridized carbons (Fsp3) is 0.500. The van der Waals surface area contributed by atoms with Gasteiger partial charge in [-0.25, -0.2) is 0 Å². The van der Waals surface area contributed by atoms with Crippen LogP contribution in [0.5, 0.6) is 0 Å². The standard InChI is InChI=1S/C10H14O2S/c1-6(2)9(10(11)12)8-4-7(3)5-13-8/h4-6,9H,1-3H3,(H,11,12). The average molecular weight is 198 g/mol. The van der Waals surface area contributed by atoms with Crippen molar-refractivity contribution in [2.75, 3.05) is 0 Å². The zero-order valence-corrected chi connectivity index (χ0v) is 8.89. The Balaban J connectivity index is 2.95. The Morgan fingerprint density at radius 2 is 2.15 bits per heavy atom. The van der Waals surface area contributed by atoms with Crippen molar-refractivity contribution in [3.8, 4) is 0 Å². The molecule has 1 atom stereocenters. The number of aliphatic carboxylic acids is 1. The van der Waals surface area contributed by atoms with Crippen molar-refractivity contribution in [2.45, 2.75) is 26.7 Å². The molecule has 0 saturated carbocycles. The lowest BCUT2D eigenvalue weighted by atomic mass is 9.94. The number of aryl methyl sites for hydroxylation is 1. The lowest BCUT2D eigenvalue weighted by Gasteiger charge is -2.13. The summed E-state index contributed by atoms with van der Waals surface area (Å²) in [5, 5.41) is 11.0. The molecule has 0 aromatic carbocycles. The average Bonchev–Trinajstić information content (AvgIpc) is 2.34. The summed E-state index contributed by atoms with van der Waals surface area (Å²) in [5.74, 6) is -0.925. The summed E-state index contributed by atoms with van der Waals surface area (Å²) < 4.78 is 0. The van der Waals surface area contributed by atoms with E-state index in [0.717, 1.165) is 10.4 Å². The van der Waals surface area contributed by atoms with Crippen LogP contribution in [0.3, 0.4) is 0 Å². The van der Waals surface area contributed by atoms with Gasteiger partial charge < -0.3 is 5.11 Å². The van der Waals surface area contributed by atoms with Gasteiger partial charge in [-0.3, -0.25) is 4.79 Å². The predicted molar refractivity (Wildman–Crippen MR) is 54.3 cm³/mol. The lowest BCUT2D eigenvalue weighted by Crippen LogP contribution is -2.16. The van der Waals surface area contributed by atoms with Crippen LogP contribution in [-0.2, 0) is 4.79 Å². The molecule has 0 aliphatic carbocycles. The lowest BCUT2D eigenvalue weighted by molar-refractivity contribution is -0.139. The quantitative estimate of drug-likeness (QED) is 0.810. The van der Waals surface area contributed by atoms with Crippen molar-refractivity contribution in [1.29, 1.82) is 0 Å². The Hall–Kier alpha value is -0.830. The van der Waals surface area contributed by atoms with E-state index in [1.807, 2.05) is 32.2 Å². The number of thiophene rings is 1. The SMILES string of the molecule is Cc1csc(C(C(=O)O)C(C)C)c1. The van der Waals surface area contributed by atoms with Crippen LogP contribution in [0.25, 0.3) is 0 Å². The second kappa shape index (κ2) is 3.92. The summed E-state index contributed by atoms with van der Waals surface area (Å²) in [4.78, 5) is 11.9. The highest BCUT2D eigenvalue weighted by molar-refractivity contribution is 7.10. The van der Waals surface area contributed by atoms with Crippen LogP contribution in [0.15, 0.2) is 11.4 Å². The van der Waals surface area contributed by atoms with Crippen LogP contribution in [0.2, 0.25) is 0 Å². The van der Waals surface area contributed by atoms with Gasteiger partial charge in [0.2, 0.25) is 0 Å². The van der Waals surface area contributed by atoms with E-state index in [4.69, 9.17) is 5.11 Å². The highest BCUT2D eigenvalue weighted by Crippen LogP contribution is 2.29. The van der Waals surface area contributed by atoms with Gasteiger partial charge in [-0.2, -0.15) is 0 Å². The molecule has 0 saturated heterocycles. The summed E-state index contributed by atoms with van der Waals surface area (Å²) in [6, 6.07) is 1.96. The molecule has 13 heavy (non-hydrogen) atoms. The third kappa shape index (κ3) is 2.31. The number of hydrogen-bond acceptors (Lipinski definition) is 2. The maximum atomic E-state index is 11.0. The van der Waals surface area contributed by atoms with Gasteiger partial charge in [0, 0.05) is 4.88 Å². The number of rotatable bonds is 3. The summed E-state index contributed by atoms with van der Waals surface area (Å²) in [7, 11) is 0. The zero-order chi connectivity index (χ0) is 10.0. The molecular formula is C10H14O2S. The van der Waals surface area contributed by atoms with Gasteiger partial charge in [0.05, 0.1) is 5.92 Å². The molecule has 1 N–H and O–H groups in total. The molecule has 0 radical (unpaired) electrons. The highest BCUT2D eigenvalue weighted by Gasteiger charge is 2.24. The van der Waals surface area contributed by atoms with Crippen LogP contribution in [-0.4, -0.2) is 11.1 Å². The fourth-order valence-corrected chi connectivity index (χ4v) is 2.52. The number of carboxylic acids is 1. The Kier molecular flexibility index (Phi) is 3.09. The van der Waals surface area contributed by atoms with E-state index >= 15 is 0 Å². The minimum Gasteiger partial charge on any atom is -0.481 e. The first-order valence-corrected chi connectivity index (χ1v) is 5.18. The molecule has 72 valence electrons. The predicted octanol–water partition coefficient (Wildman–Crippen LogP) is 2.88. The van der Waals surface area contributed by atoms with Crippen molar-refractivity contribution in [1.82, 2.24) is 0 Å². The van der Waals surface area contributed by atoms with E-state index in [1.165, 1.54) is 11.3 Å². The number of hydrogen-bond donors (Lipinski definition) is 1. The molecule has 0 aliphatic rings. The highest BCUT2D eigenvalue weighted by atomic mass is 32.1. The molecule has 2 nitrogen and oxygen atoms in total. The molecule has 1 aromatic rings. The van der Waals surface area contributed by atoms with Gasteiger partial charge in [0.25, 0.3) is 0 Å². The monoisotopic (exact) mass is 198 g/mol. The van der Waals surface area contributed by atoms with Gasteiger partial charge in [0.15, 0.2) is 0 Å². The number of carbonyl (C=O) groups is 1. The minimum atomic E-state index is -0.725. The Morgan fingerprint density at radius 1 is 1.54 bits per heavy atom. The minimum absolute atomic E-state index is 0.149. The van der Waals surface area contributed by atoms with Crippen LogP contribution in [0, 0.1) is 12.8 Å². The van der Waals surface area contributed by atoms with Crippen molar-refractivity contribution in [2.24, 2.45) is 5.92 Å². The maximum Gasteiger partial charge on any atom is 0.312 e. The molecular weight excluding hydrogens is 184 g/mol. The summed E-state index contributed by atoms with van der Waals surface area (Å²) >= 11 is 1.53. The largest absolute Gasteiger partial charge is 0.481 e. The molecule has 0 aliphatic heterocycles. The Morgan fingerprint density at radius 3 is 2.46 bits per heavy atom. The Labute approximate surface area is 82.2 Å². The van der Waals surface area contributed by atoms with Crippen LogP contribution >= 0.6 is 11.3 Å². The summed E-state index contributed by atoms with van der Waals surface area (Å²) in [6.07, 6.45) is 0. The molecule has 0 amide bonds. The van der Waals surface area contributed by atoms with Crippen LogP contribution < -0.4 is 0 Å². The van der Waals surface area contributed by atoms with Crippen molar-refractivity contribution < 1.29 is 9.90 Å². The first-order chi connectivity index (χ1) is 6.02. The van der Waals surface area contributed by atoms with Gasteiger partial charge >= 0.3 is 5.97 Å². The van der Waals surface area contributed by atoms with E-state index in [1.54, 1.807) is 0 Å². The van der Waals surface area contributed by atoms with Gasteiger partial charge in [-0.05, 0) is 29.9 Å². The van der Waals surface area contributed by atoms with Crippen molar-refractivity contribution >= 4 is 17.3 Å². The third-order valence-corrected chi connectivity index (χ3v) is 3.12. The van der Waals surface area contributed by atoms with E-state index < -0.39 is 5.97 Å². The van der Waals surface area contributed by atoms with Gasteiger partial charge in [-0.1, -0.05) is 13.8 Å². The van der Waals surface area contributed by atoms with Crippen molar-refractivity contribution in [3.63, 3.8) is 0 Å². The van der Waals surface area contributed by atoms with Crippen LogP contribution in [0.1, 0.15) is 30.2 Å². The van der Waals surface area contributed by atoms with Crippen LogP contribution in [0.4, 0.5) is 0 Å². The van der Waals surface area contributed by atoms with Gasteiger partial charge in [-0.15, -0.1) is 11.3 Å². The second-order valence-corrected chi connectivity index (χ2v) is 4.53. The maximum absolute atomic E-state index is 11.0. The first kappa shape index (κ1) is 10.3. The molecule has 1 heterocycles. The molecule has 1 aromatic heterocycles. The van der Waals surface area contributed by atoms with E-state index in [0.29, 0.717) is 0 Å². The number of carboxylic acid groups (broad SMARTS) is 1. The van der Waals surface area contributed by atoms with E-state index in [9.17, 15) is 4.79 Å². The second-order valence-electron chi connectivity index (χ2n) is 3.59. The molecule has 1 rings (SSSR count). The molecule has 3 heteroatoms. The van der Waals surface area contributed by atoms with E-state index in [-0.39, 0.29) is 11.8 Å². The molecule has 0 spiro atoms. The fourth-order valence-electron chi connectivity index (χ4n) is 1.35. The van der Waals surface area contributed by atoms with Crippen molar-refractivity contribution in [3.05, 3.63) is 21.9 Å². The summed E-state index contributed by atoms with van der Waals surface area (Å²) in [5.41, 5.74) is 1.15. The third-order valence-electron chi connectivity index (χ3n) is 1.99. The topological polar surface area (TPSA) is 37.3 Å². The summed E-state index contributed by atoms with van der Waals surface area (Å²) in [6.45, 7) is 5.86. The normalized spacial score (nSPS) is 13.2. The molecule has 1 unspecified atom stereocenters. The smallest absolute Gasteiger partial charge is 0.312 e. The molecule has 0 fully saturated rings. The zero-order valence-electron chi connectivity index (χ0n) is 8.07. The van der Waals surface area contributed by atoms with E-state index in [2.05, 4.69) is 0 Å². The van der Waals surface area contributed by atoms with Gasteiger partial charge in [0.1, 0.15) is 0 Å².